The molecule has 3 aromatic rings. The molecule has 0 spiro atoms. The minimum absolute atomic E-state index is 0.241. The third-order valence-corrected chi connectivity index (χ3v) is 9.92. The van der Waals surface area contributed by atoms with E-state index >= 15 is 4.57 Å². The summed E-state index contributed by atoms with van der Waals surface area (Å²) in [7, 11) is -3.11. The summed E-state index contributed by atoms with van der Waals surface area (Å²) in [6.07, 6.45) is 0. The fourth-order valence-electron chi connectivity index (χ4n) is 4.84. The Bertz CT molecular complexity index is 1020. The number of ether oxygens (including phenoxy) is 1. The SMILES string of the molecule is Cc1ccc([C@@H](N2CCOCC2)P2(=O)N(c3ccccc3)CCN2c2ccccc2)cc1. The van der Waals surface area contributed by atoms with Crippen LogP contribution in [-0.2, 0) is 9.30 Å². The molecule has 32 heavy (non-hydrogen) atoms. The molecule has 2 aliphatic rings. The van der Waals surface area contributed by atoms with Crippen molar-refractivity contribution in [3.8, 4) is 0 Å². The highest BCUT2D eigenvalue weighted by Gasteiger charge is 2.52. The molecule has 0 aliphatic carbocycles. The number of hydrogen-bond acceptors (Lipinski definition) is 3. The molecule has 2 saturated heterocycles. The molecule has 5 nitrogen and oxygen atoms in total. The quantitative estimate of drug-likeness (QED) is 0.480. The van der Waals surface area contributed by atoms with Crippen LogP contribution in [0.5, 0.6) is 0 Å². The Morgan fingerprint density at radius 3 is 1.72 bits per heavy atom. The first kappa shape index (κ1) is 21.3. The standard InChI is InChI=1S/C26H30N3O2P/c1-22-12-14-23(15-13-22)26(27-18-20-31-21-19-27)32(30)28(24-8-4-2-5-9-24)16-17-29(32)25-10-6-3-7-11-25/h2-15,26H,16-21H2,1H3/t26-/m0/s1. The van der Waals surface area contributed by atoms with Crippen LogP contribution >= 0.6 is 7.44 Å². The van der Waals surface area contributed by atoms with Gasteiger partial charge < -0.3 is 14.1 Å². The molecule has 2 heterocycles. The van der Waals surface area contributed by atoms with Gasteiger partial charge in [0, 0.05) is 37.6 Å². The lowest BCUT2D eigenvalue weighted by Crippen LogP contribution is -2.42. The summed E-state index contributed by atoms with van der Waals surface area (Å²) in [5, 5.41) is 0. The van der Waals surface area contributed by atoms with Gasteiger partial charge in [0.1, 0.15) is 5.78 Å². The van der Waals surface area contributed by atoms with E-state index < -0.39 is 7.44 Å². The molecule has 6 heteroatoms. The molecule has 5 rings (SSSR count). The van der Waals surface area contributed by atoms with E-state index in [9.17, 15) is 0 Å². The van der Waals surface area contributed by atoms with Crippen molar-refractivity contribution < 1.29 is 9.30 Å². The molecule has 0 unspecified atom stereocenters. The Balaban J connectivity index is 1.68. The number of morpholine rings is 1. The van der Waals surface area contributed by atoms with Gasteiger partial charge in [0.15, 0.2) is 0 Å². The van der Waals surface area contributed by atoms with E-state index in [1.807, 2.05) is 36.4 Å². The van der Waals surface area contributed by atoms with E-state index in [0.717, 1.165) is 43.1 Å². The fraction of sp³-hybridized carbons (Fsp3) is 0.308. The van der Waals surface area contributed by atoms with Crippen LogP contribution in [-0.4, -0.2) is 44.3 Å². The van der Waals surface area contributed by atoms with Gasteiger partial charge >= 0.3 is 0 Å². The second-order valence-corrected chi connectivity index (χ2v) is 11.1. The topological polar surface area (TPSA) is 36.0 Å². The first-order valence-electron chi connectivity index (χ1n) is 11.3. The van der Waals surface area contributed by atoms with Crippen LogP contribution in [0.25, 0.3) is 0 Å². The van der Waals surface area contributed by atoms with E-state index in [4.69, 9.17) is 4.74 Å². The van der Waals surface area contributed by atoms with Crippen LogP contribution < -0.4 is 9.34 Å². The lowest BCUT2D eigenvalue weighted by molar-refractivity contribution is 0.0303. The van der Waals surface area contributed by atoms with Crippen molar-refractivity contribution in [2.24, 2.45) is 0 Å². The number of para-hydroxylation sites is 2. The summed E-state index contributed by atoms with van der Waals surface area (Å²) >= 11 is 0. The van der Waals surface area contributed by atoms with Gasteiger partial charge in [0.2, 0.25) is 0 Å². The van der Waals surface area contributed by atoms with Gasteiger partial charge in [0.25, 0.3) is 7.44 Å². The van der Waals surface area contributed by atoms with E-state index in [-0.39, 0.29) is 5.78 Å². The summed E-state index contributed by atoms with van der Waals surface area (Å²) < 4.78 is 25.5. The Hall–Kier alpha value is -2.59. The highest BCUT2D eigenvalue weighted by molar-refractivity contribution is 7.67. The van der Waals surface area contributed by atoms with Crippen molar-refractivity contribution >= 4 is 18.8 Å². The average molecular weight is 448 g/mol. The number of aryl methyl sites for hydroxylation is 1. The van der Waals surface area contributed by atoms with Crippen molar-refractivity contribution in [1.82, 2.24) is 4.90 Å². The summed E-state index contributed by atoms with van der Waals surface area (Å²) in [5.41, 5.74) is 4.34. The van der Waals surface area contributed by atoms with Crippen LogP contribution in [0.1, 0.15) is 16.9 Å². The summed E-state index contributed by atoms with van der Waals surface area (Å²) in [4.78, 5) is 2.37. The molecule has 1 atom stereocenters. The molecule has 166 valence electrons. The van der Waals surface area contributed by atoms with E-state index in [0.29, 0.717) is 13.2 Å². The predicted molar refractivity (Wildman–Crippen MR) is 131 cm³/mol. The Labute approximate surface area is 190 Å². The molecule has 0 N–H and O–H groups in total. The first-order chi connectivity index (χ1) is 15.7. The van der Waals surface area contributed by atoms with Crippen LogP contribution in [0, 0.1) is 6.92 Å². The van der Waals surface area contributed by atoms with Gasteiger partial charge in [-0.05, 0) is 36.8 Å². The number of benzene rings is 3. The maximum Gasteiger partial charge on any atom is 0.284 e. The predicted octanol–water partition coefficient (Wildman–Crippen LogP) is 5.55. The second kappa shape index (κ2) is 9.11. The number of rotatable bonds is 5. The largest absolute Gasteiger partial charge is 0.379 e. The Morgan fingerprint density at radius 1 is 0.719 bits per heavy atom. The molecule has 2 fully saturated rings. The van der Waals surface area contributed by atoms with Crippen LogP contribution in [0.3, 0.4) is 0 Å². The number of anilines is 2. The van der Waals surface area contributed by atoms with Crippen molar-refractivity contribution in [3.63, 3.8) is 0 Å². The lowest BCUT2D eigenvalue weighted by Gasteiger charge is -2.44. The Kier molecular flexibility index (Phi) is 6.05. The molecule has 3 aromatic carbocycles. The third-order valence-electron chi connectivity index (χ3n) is 6.41. The van der Waals surface area contributed by atoms with Gasteiger partial charge in [-0.15, -0.1) is 0 Å². The summed E-state index contributed by atoms with van der Waals surface area (Å²) in [6, 6.07) is 29.0. The molecule has 0 aromatic heterocycles. The van der Waals surface area contributed by atoms with Crippen molar-refractivity contribution in [2.45, 2.75) is 12.7 Å². The van der Waals surface area contributed by atoms with Crippen molar-refractivity contribution in [3.05, 3.63) is 96.1 Å². The minimum atomic E-state index is -3.11. The van der Waals surface area contributed by atoms with Gasteiger partial charge in [-0.1, -0.05) is 66.2 Å². The number of nitrogens with zero attached hydrogens (tertiary/aromatic N) is 3. The fourth-order valence-corrected chi connectivity index (χ4v) is 8.52. The Morgan fingerprint density at radius 2 is 1.22 bits per heavy atom. The van der Waals surface area contributed by atoms with Gasteiger partial charge in [-0.2, -0.15) is 0 Å². The third kappa shape index (κ3) is 3.86. The van der Waals surface area contributed by atoms with Crippen LogP contribution in [0.2, 0.25) is 0 Å². The normalized spacial score (nSPS) is 19.8. The molecular weight excluding hydrogens is 417 g/mol. The zero-order valence-electron chi connectivity index (χ0n) is 18.5. The van der Waals surface area contributed by atoms with E-state index in [2.05, 4.69) is 69.7 Å². The zero-order valence-corrected chi connectivity index (χ0v) is 19.4. The molecule has 2 aliphatic heterocycles. The number of hydrogen-bond donors (Lipinski definition) is 0. The van der Waals surface area contributed by atoms with E-state index in [1.54, 1.807) is 0 Å². The lowest BCUT2D eigenvalue weighted by atomic mass is 10.1. The summed E-state index contributed by atoms with van der Waals surface area (Å²) in [6.45, 7) is 6.42. The highest BCUT2D eigenvalue weighted by Crippen LogP contribution is 2.69. The summed E-state index contributed by atoms with van der Waals surface area (Å²) in [5.74, 6) is -0.241. The monoisotopic (exact) mass is 447 g/mol. The molecular formula is C26H30N3O2P. The molecule has 0 saturated carbocycles. The van der Waals surface area contributed by atoms with Gasteiger partial charge in [-0.25, -0.2) is 0 Å². The second-order valence-electron chi connectivity index (χ2n) is 8.44. The highest BCUT2D eigenvalue weighted by atomic mass is 31.2. The first-order valence-corrected chi connectivity index (χ1v) is 13.0. The van der Waals surface area contributed by atoms with Crippen molar-refractivity contribution in [1.29, 1.82) is 0 Å². The molecule has 0 radical (unpaired) electrons. The zero-order chi connectivity index (χ0) is 22.0. The van der Waals surface area contributed by atoms with E-state index in [1.165, 1.54) is 5.56 Å². The maximum absolute atomic E-state index is 15.5. The van der Waals surface area contributed by atoms with Gasteiger partial charge in [0.05, 0.1) is 13.2 Å². The van der Waals surface area contributed by atoms with Crippen LogP contribution in [0.4, 0.5) is 11.4 Å². The minimum Gasteiger partial charge on any atom is -0.379 e. The van der Waals surface area contributed by atoms with Crippen LogP contribution in [0.15, 0.2) is 84.9 Å². The maximum atomic E-state index is 15.5. The van der Waals surface area contributed by atoms with Crippen molar-refractivity contribution in [2.75, 3.05) is 48.7 Å². The van der Waals surface area contributed by atoms with Gasteiger partial charge in [-0.3, -0.25) is 9.46 Å². The smallest absolute Gasteiger partial charge is 0.284 e. The average Bonchev–Trinajstić information content (AvgIpc) is 3.19. The molecule has 0 bridgehead atoms. The molecule has 0 amide bonds.